The summed E-state index contributed by atoms with van der Waals surface area (Å²) in [6, 6.07) is 18.5. The Balaban J connectivity index is 1.81. The van der Waals surface area contributed by atoms with E-state index < -0.39 is 0 Å². The van der Waals surface area contributed by atoms with Crippen molar-refractivity contribution in [2.75, 3.05) is 0 Å². The van der Waals surface area contributed by atoms with Gasteiger partial charge in [-0.25, -0.2) is 0 Å². The number of nitrogens with zero attached hydrogens (tertiary/aromatic N) is 2. The number of aromatic nitrogens is 2. The summed E-state index contributed by atoms with van der Waals surface area (Å²) in [4.78, 5) is 8.99. The lowest BCUT2D eigenvalue weighted by atomic mass is 9.70. The third-order valence-electron chi connectivity index (χ3n) is 5.17. The van der Waals surface area contributed by atoms with Crippen LogP contribution in [0.5, 0.6) is 5.75 Å². The molecule has 1 atom stereocenters. The molecular weight excluding hydrogens is 320 g/mol. The Labute approximate surface area is 156 Å². The van der Waals surface area contributed by atoms with Gasteiger partial charge in [0.2, 0.25) is 0 Å². The second kappa shape index (κ2) is 7.69. The maximum atomic E-state index is 5.86. The van der Waals surface area contributed by atoms with E-state index in [4.69, 9.17) is 9.72 Å². The summed E-state index contributed by atoms with van der Waals surface area (Å²) in [7, 11) is 0. The van der Waals surface area contributed by atoms with Crippen molar-refractivity contribution in [3.05, 3.63) is 89.5 Å². The Kier molecular flexibility index (Phi) is 5.36. The summed E-state index contributed by atoms with van der Waals surface area (Å²) in [6.07, 6.45) is 3.73. The summed E-state index contributed by atoms with van der Waals surface area (Å²) in [5.74, 6) is 1.26. The molecule has 1 aromatic carbocycles. The van der Waals surface area contributed by atoms with Crippen molar-refractivity contribution < 1.29 is 4.74 Å². The van der Waals surface area contributed by atoms with Crippen molar-refractivity contribution in [1.29, 1.82) is 0 Å². The van der Waals surface area contributed by atoms with Crippen LogP contribution < -0.4 is 4.74 Å². The molecule has 0 N–H and O–H groups in total. The summed E-state index contributed by atoms with van der Waals surface area (Å²) in [5.41, 5.74) is 4.30. The zero-order valence-electron chi connectivity index (χ0n) is 15.9. The number of rotatable bonds is 6. The van der Waals surface area contributed by atoms with Crippen LogP contribution in [0.3, 0.4) is 0 Å². The van der Waals surface area contributed by atoms with Gasteiger partial charge in [-0.2, -0.15) is 0 Å². The van der Waals surface area contributed by atoms with E-state index >= 15 is 0 Å². The molecule has 0 aliphatic heterocycles. The van der Waals surface area contributed by atoms with Gasteiger partial charge in [0, 0.05) is 17.8 Å². The van der Waals surface area contributed by atoms with E-state index in [2.05, 4.69) is 56.9 Å². The molecule has 2 heterocycles. The monoisotopic (exact) mass is 346 g/mol. The Morgan fingerprint density at radius 2 is 1.73 bits per heavy atom. The van der Waals surface area contributed by atoms with E-state index in [0.717, 1.165) is 17.1 Å². The molecule has 0 spiro atoms. The highest BCUT2D eigenvalue weighted by atomic mass is 16.5. The largest absolute Gasteiger partial charge is 0.487 e. The fourth-order valence-corrected chi connectivity index (χ4v) is 3.09. The van der Waals surface area contributed by atoms with Crippen LogP contribution in [0.15, 0.2) is 67.0 Å². The van der Waals surface area contributed by atoms with Gasteiger partial charge < -0.3 is 4.74 Å². The lowest BCUT2D eigenvalue weighted by Gasteiger charge is -2.34. The Morgan fingerprint density at radius 1 is 0.962 bits per heavy atom. The van der Waals surface area contributed by atoms with Gasteiger partial charge in [0.1, 0.15) is 12.4 Å². The first-order chi connectivity index (χ1) is 12.5. The van der Waals surface area contributed by atoms with Gasteiger partial charge in [-0.3, -0.25) is 9.97 Å². The van der Waals surface area contributed by atoms with Crippen LogP contribution in [-0.2, 0) is 12.0 Å². The predicted octanol–water partition coefficient (Wildman–Crippen LogP) is 5.33. The fourth-order valence-electron chi connectivity index (χ4n) is 3.09. The van der Waals surface area contributed by atoms with E-state index in [-0.39, 0.29) is 5.41 Å². The number of ether oxygens (including phenoxy) is 1. The molecule has 0 saturated carbocycles. The summed E-state index contributed by atoms with van der Waals surface area (Å²) in [6.45, 7) is 9.29. The maximum absolute atomic E-state index is 5.86. The first-order valence-corrected chi connectivity index (χ1v) is 9.06. The molecule has 3 nitrogen and oxygen atoms in total. The van der Waals surface area contributed by atoms with E-state index in [1.54, 1.807) is 6.20 Å². The van der Waals surface area contributed by atoms with Crippen LogP contribution in [0.4, 0.5) is 0 Å². The highest BCUT2D eigenvalue weighted by Crippen LogP contribution is 2.38. The number of benzene rings is 1. The Morgan fingerprint density at radius 3 is 2.31 bits per heavy atom. The number of hydrogen-bond acceptors (Lipinski definition) is 3. The predicted molar refractivity (Wildman–Crippen MR) is 105 cm³/mol. The second-order valence-electron chi connectivity index (χ2n) is 7.21. The van der Waals surface area contributed by atoms with Crippen LogP contribution in [-0.4, -0.2) is 9.97 Å². The minimum atomic E-state index is -0.146. The number of pyridine rings is 2. The first kappa shape index (κ1) is 18.1. The average molecular weight is 346 g/mol. The van der Waals surface area contributed by atoms with Crippen molar-refractivity contribution >= 4 is 0 Å². The third kappa shape index (κ3) is 3.77. The minimum Gasteiger partial charge on any atom is -0.487 e. The zero-order valence-corrected chi connectivity index (χ0v) is 15.9. The van der Waals surface area contributed by atoms with Gasteiger partial charge in [-0.1, -0.05) is 38.1 Å². The lowest BCUT2D eigenvalue weighted by Crippen LogP contribution is -2.31. The van der Waals surface area contributed by atoms with Crippen LogP contribution in [0.25, 0.3) is 0 Å². The van der Waals surface area contributed by atoms with Crippen molar-refractivity contribution in [1.82, 2.24) is 9.97 Å². The minimum absolute atomic E-state index is 0.146. The Hall–Kier alpha value is -2.68. The molecule has 3 aromatic rings. The normalized spacial score (nSPS) is 13.4. The van der Waals surface area contributed by atoms with E-state index in [9.17, 15) is 0 Å². The first-order valence-electron chi connectivity index (χ1n) is 9.06. The van der Waals surface area contributed by atoms with Crippen LogP contribution >= 0.6 is 0 Å². The molecule has 0 aliphatic rings. The van der Waals surface area contributed by atoms with E-state index in [0.29, 0.717) is 12.5 Å². The van der Waals surface area contributed by atoms with Crippen LogP contribution in [0, 0.1) is 12.8 Å². The second-order valence-corrected chi connectivity index (χ2v) is 7.21. The molecule has 3 rings (SSSR count). The highest BCUT2D eigenvalue weighted by molar-refractivity contribution is 5.39. The maximum Gasteiger partial charge on any atom is 0.130 e. The van der Waals surface area contributed by atoms with Gasteiger partial charge in [-0.05, 0) is 61.2 Å². The Bertz CT molecular complexity index is 826. The molecule has 0 saturated heterocycles. The van der Waals surface area contributed by atoms with E-state index in [1.165, 1.54) is 11.1 Å². The molecule has 0 aliphatic carbocycles. The molecule has 26 heavy (non-hydrogen) atoms. The van der Waals surface area contributed by atoms with Crippen LogP contribution in [0.2, 0.25) is 0 Å². The highest BCUT2D eigenvalue weighted by Gasteiger charge is 2.33. The standard InChI is InChI=1S/C23H26N2O/c1-17(2)23(4,22-13-8-18(3)15-25-22)19-9-11-21(12-10-19)26-16-20-7-5-6-14-24-20/h5-15,17H,16H2,1-4H3. The number of aryl methyl sites for hydroxylation is 1. The molecule has 0 radical (unpaired) electrons. The molecule has 0 fully saturated rings. The van der Waals surface area contributed by atoms with Crippen LogP contribution in [0.1, 0.15) is 43.3 Å². The van der Waals surface area contributed by atoms with Crippen molar-refractivity contribution in [3.63, 3.8) is 0 Å². The fraction of sp³-hybridized carbons (Fsp3) is 0.304. The number of hydrogen-bond donors (Lipinski definition) is 0. The van der Waals surface area contributed by atoms with Crippen molar-refractivity contribution in [2.24, 2.45) is 5.92 Å². The quantitative estimate of drug-likeness (QED) is 0.605. The molecule has 0 amide bonds. The topological polar surface area (TPSA) is 35.0 Å². The lowest BCUT2D eigenvalue weighted by molar-refractivity contribution is 0.301. The van der Waals surface area contributed by atoms with Crippen molar-refractivity contribution in [3.8, 4) is 5.75 Å². The van der Waals surface area contributed by atoms with Gasteiger partial charge in [0.15, 0.2) is 0 Å². The smallest absolute Gasteiger partial charge is 0.130 e. The van der Waals surface area contributed by atoms with Crippen molar-refractivity contribution in [2.45, 2.75) is 39.7 Å². The zero-order chi connectivity index (χ0) is 18.6. The molecule has 3 heteroatoms. The van der Waals surface area contributed by atoms with Gasteiger partial charge in [0.05, 0.1) is 11.4 Å². The van der Waals surface area contributed by atoms with E-state index in [1.807, 2.05) is 36.5 Å². The summed E-state index contributed by atoms with van der Waals surface area (Å²) >= 11 is 0. The molecular formula is C23H26N2O. The molecule has 2 aromatic heterocycles. The SMILES string of the molecule is Cc1ccc(C(C)(c2ccc(OCc3ccccn3)cc2)C(C)C)nc1. The summed E-state index contributed by atoms with van der Waals surface area (Å²) < 4.78 is 5.86. The van der Waals surface area contributed by atoms with Gasteiger partial charge in [0.25, 0.3) is 0 Å². The van der Waals surface area contributed by atoms with Gasteiger partial charge in [-0.15, -0.1) is 0 Å². The average Bonchev–Trinajstić information content (AvgIpc) is 2.67. The molecule has 134 valence electrons. The molecule has 0 bridgehead atoms. The third-order valence-corrected chi connectivity index (χ3v) is 5.17. The summed E-state index contributed by atoms with van der Waals surface area (Å²) in [5, 5.41) is 0. The van der Waals surface area contributed by atoms with Gasteiger partial charge >= 0.3 is 0 Å². The molecule has 1 unspecified atom stereocenters.